The molecular formula is C23H36NO4+. The summed E-state index contributed by atoms with van der Waals surface area (Å²) in [5, 5.41) is 0. The fourth-order valence-corrected chi connectivity index (χ4v) is 6.32. The average Bonchev–Trinajstić information content (AvgIpc) is 2.95. The average molecular weight is 391 g/mol. The van der Waals surface area contributed by atoms with Crippen LogP contribution in [0.15, 0.2) is 11.6 Å². The maximum Gasteiger partial charge on any atom is 0.315 e. The van der Waals surface area contributed by atoms with Gasteiger partial charge in [-0.3, -0.25) is 9.59 Å². The molecule has 5 atom stereocenters. The smallest absolute Gasteiger partial charge is 0.315 e. The first-order chi connectivity index (χ1) is 13.4. The Morgan fingerprint density at radius 3 is 2.79 bits per heavy atom. The zero-order chi connectivity index (χ0) is 19.9. The van der Waals surface area contributed by atoms with Crippen LogP contribution in [0.1, 0.15) is 59.3 Å². The molecule has 5 nitrogen and oxygen atoms in total. The van der Waals surface area contributed by atoms with Crippen molar-refractivity contribution in [3.63, 3.8) is 0 Å². The Balaban J connectivity index is 1.42. The van der Waals surface area contributed by atoms with Crippen molar-refractivity contribution in [2.24, 2.45) is 29.1 Å². The third-order valence-corrected chi connectivity index (χ3v) is 7.90. The standard InChI is InChI=1S/C23H35NO4/c1-4-27-21(25)16-7-10-24(11-8-16)14-18-17-12-19-15(2)6-5-9-23(19,3)13-20(17)28-22(18)26/h12,15-18,20H,4-11,13-14H2,1-3H3/p+1/t15-,17+,18+,20+,23+/m0/s1. The third-order valence-electron chi connectivity index (χ3n) is 7.90. The van der Waals surface area contributed by atoms with Crippen LogP contribution in [0, 0.1) is 29.1 Å². The van der Waals surface area contributed by atoms with Gasteiger partial charge < -0.3 is 14.4 Å². The molecule has 0 radical (unpaired) electrons. The second-order valence-electron chi connectivity index (χ2n) is 9.82. The molecule has 3 fully saturated rings. The number of ether oxygens (including phenoxy) is 2. The number of allylic oxidation sites excluding steroid dienone is 1. The summed E-state index contributed by atoms with van der Waals surface area (Å²) in [7, 11) is 0. The van der Waals surface area contributed by atoms with E-state index in [0.717, 1.165) is 38.9 Å². The molecule has 2 saturated heterocycles. The summed E-state index contributed by atoms with van der Waals surface area (Å²) in [4.78, 5) is 26.1. The van der Waals surface area contributed by atoms with Crippen molar-refractivity contribution in [1.29, 1.82) is 0 Å². The molecule has 156 valence electrons. The van der Waals surface area contributed by atoms with Crippen molar-refractivity contribution in [1.82, 2.24) is 0 Å². The molecule has 2 aliphatic heterocycles. The molecule has 0 aromatic carbocycles. The largest absolute Gasteiger partial charge is 0.466 e. The van der Waals surface area contributed by atoms with E-state index in [1.54, 1.807) is 5.57 Å². The number of esters is 2. The van der Waals surface area contributed by atoms with Crippen LogP contribution < -0.4 is 4.90 Å². The quantitative estimate of drug-likeness (QED) is 0.590. The normalized spacial score (nSPS) is 42.8. The van der Waals surface area contributed by atoms with E-state index in [4.69, 9.17) is 9.47 Å². The Kier molecular flexibility index (Phi) is 5.56. The highest BCUT2D eigenvalue weighted by Gasteiger charge is 2.52. The van der Waals surface area contributed by atoms with Crippen LogP contribution >= 0.6 is 0 Å². The van der Waals surface area contributed by atoms with E-state index in [-0.39, 0.29) is 41.2 Å². The molecule has 4 rings (SSSR count). The summed E-state index contributed by atoms with van der Waals surface area (Å²) in [6.45, 7) is 9.75. The molecule has 0 spiro atoms. The van der Waals surface area contributed by atoms with Gasteiger partial charge in [-0.05, 0) is 37.5 Å². The van der Waals surface area contributed by atoms with E-state index in [9.17, 15) is 9.59 Å². The summed E-state index contributed by atoms with van der Waals surface area (Å²) >= 11 is 0. The van der Waals surface area contributed by atoms with Crippen molar-refractivity contribution in [3.05, 3.63) is 11.6 Å². The number of nitrogens with one attached hydrogen (secondary N) is 1. The highest BCUT2D eigenvalue weighted by Crippen LogP contribution is 2.53. The van der Waals surface area contributed by atoms with Crippen molar-refractivity contribution >= 4 is 11.9 Å². The number of likely N-dealkylation sites (tertiary alicyclic amines) is 1. The fraction of sp³-hybridized carbons (Fsp3) is 0.826. The summed E-state index contributed by atoms with van der Waals surface area (Å²) < 4.78 is 11.1. The summed E-state index contributed by atoms with van der Waals surface area (Å²) in [6.07, 6.45) is 9.00. The Labute approximate surface area is 168 Å². The summed E-state index contributed by atoms with van der Waals surface area (Å²) in [6, 6.07) is 0. The van der Waals surface area contributed by atoms with E-state index >= 15 is 0 Å². The molecule has 0 aromatic heterocycles. The molecule has 1 N–H and O–H groups in total. The Morgan fingerprint density at radius 1 is 1.32 bits per heavy atom. The van der Waals surface area contributed by atoms with Crippen LogP contribution in [0.25, 0.3) is 0 Å². The molecule has 0 amide bonds. The fourth-order valence-electron chi connectivity index (χ4n) is 6.32. The molecule has 1 saturated carbocycles. The van der Waals surface area contributed by atoms with Crippen molar-refractivity contribution in [2.45, 2.75) is 65.4 Å². The lowest BCUT2D eigenvalue weighted by Gasteiger charge is -2.46. The number of carbonyl (C=O) groups is 2. The van der Waals surface area contributed by atoms with Gasteiger partial charge in [0, 0.05) is 18.8 Å². The minimum atomic E-state index is -0.0514. The molecule has 2 heterocycles. The number of carbonyl (C=O) groups excluding carboxylic acids is 2. The van der Waals surface area contributed by atoms with E-state index < -0.39 is 0 Å². The van der Waals surface area contributed by atoms with Gasteiger partial charge in [0.25, 0.3) is 0 Å². The monoisotopic (exact) mass is 390 g/mol. The maximum atomic E-state index is 12.7. The zero-order valence-electron chi connectivity index (χ0n) is 17.7. The lowest BCUT2D eigenvalue weighted by Crippen LogP contribution is -3.14. The van der Waals surface area contributed by atoms with Crippen LogP contribution in [0.3, 0.4) is 0 Å². The van der Waals surface area contributed by atoms with E-state index in [1.807, 2.05) is 6.92 Å². The molecule has 0 aromatic rings. The molecule has 4 aliphatic rings. The first-order valence-corrected chi connectivity index (χ1v) is 11.3. The van der Waals surface area contributed by atoms with Gasteiger partial charge in [0.15, 0.2) is 0 Å². The van der Waals surface area contributed by atoms with Gasteiger partial charge in [0.05, 0.1) is 32.2 Å². The van der Waals surface area contributed by atoms with E-state index in [2.05, 4.69) is 19.9 Å². The number of piperidine rings is 1. The van der Waals surface area contributed by atoms with E-state index in [1.165, 1.54) is 24.2 Å². The van der Waals surface area contributed by atoms with Gasteiger partial charge in [-0.2, -0.15) is 0 Å². The van der Waals surface area contributed by atoms with Gasteiger partial charge in [0.2, 0.25) is 0 Å². The maximum absolute atomic E-state index is 12.7. The minimum Gasteiger partial charge on any atom is -0.466 e. The lowest BCUT2D eigenvalue weighted by molar-refractivity contribution is -0.908. The summed E-state index contributed by atoms with van der Waals surface area (Å²) in [5.41, 5.74) is 1.80. The Hall–Kier alpha value is -1.36. The van der Waals surface area contributed by atoms with Crippen molar-refractivity contribution < 1.29 is 24.0 Å². The minimum absolute atomic E-state index is 0.00164. The van der Waals surface area contributed by atoms with Crippen molar-refractivity contribution in [3.8, 4) is 0 Å². The van der Waals surface area contributed by atoms with Gasteiger partial charge in [0.1, 0.15) is 12.0 Å². The second-order valence-corrected chi connectivity index (χ2v) is 9.82. The molecule has 28 heavy (non-hydrogen) atoms. The molecule has 0 unspecified atom stereocenters. The van der Waals surface area contributed by atoms with Crippen LogP contribution in [0.2, 0.25) is 0 Å². The number of fused-ring (bicyclic) bond motifs is 2. The number of hydrogen-bond donors (Lipinski definition) is 1. The van der Waals surface area contributed by atoms with Crippen LogP contribution in [-0.4, -0.2) is 44.3 Å². The highest BCUT2D eigenvalue weighted by molar-refractivity contribution is 5.76. The number of hydrogen-bond acceptors (Lipinski definition) is 4. The molecule has 5 heteroatoms. The van der Waals surface area contributed by atoms with Crippen LogP contribution in [0.5, 0.6) is 0 Å². The molecular weight excluding hydrogens is 354 g/mol. The second kappa shape index (κ2) is 7.81. The zero-order valence-corrected chi connectivity index (χ0v) is 17.7. The third kappa shape index (κ3) is 3.62. The lowest BCUT2D eigenvalue weighted by atomic mass is 9.59. The molecule has 2 aliphatic carbocycles. The van der Waals surface area contributed by atoms with Crippen molar-refractivity contribution in [2.75, 3.05) is 26.2 Å². The first kappa shape index (κ1) is 19.9. The van der Waals surface area contributed by atoms with Crippen LogP contribution in [0.4, 0.5) is 0 Å². The number of quaternary nitrogens is 1. The number of rotatable bonds is 4. The highest BCUT2D eigenvalue weighted by atomic mass is 16.6. The van der Waals surface area contributed by atoms with E-state index in [0.29, 0.717) is 12.5 Å². The van der Waals surface area contributed by atoms with Crippen LogP contribution in [-0.2, 0) is 19.1 Å². The van der Waals surface area contributed by atoms with Gasteiger partial charge in [-0.25, -0.2) is 0 Å². The predicted molar refractivity (Wildman–Crippen MR) is 106 cm³/mol. The van der Waals surface area contributed by atoms with Gasteiger partial charge >= 0.3 is 11.9 Å². The summed E-state index contributed by atoms with van der Waals surface area (Å²) in [5.74, 6) is 0.833. The Bertz CT molecular complexity index is 651. The molecule has 0 bridgehead atoms. The first-order valence-electron chi connectivity index (χ1n) is 11.3. The Morgan fingerprint density at radius 2 is 2.07 bits per heavy atom. The SMILES string of the molecule is CCOC(=O)C1CC[NH+](C[C@H]2C(=O)O[C@@H]3C[C@@]4(C)CCC[C@H](C)C4=C[C@@H]32)CC1. The predicted octanol–water partition coefficient (Wildman–Crippen LogP) is 2.16. The van der Waals surface area contributed by atoms with Gasteiger partial charge in [-0.1, -0.05) is 31.9 Å². The topological polar surface area (TPSA) is 57.0 Å². The van der Waals surface area contributed by atoms with Gasteiger partial charge in [-0.15, -0.1) is 0 Å².